The Morgan fingerprint density at radius 3 is 2.85 bits per heavy atom. The van der Waals surface area contributed by atoms with E-state index >= 15 is 0 Å². The summed E-state index contributed by atoms with van der Waals surface area (Å²) in [6, 6.07) is 2.95. The Morgan fingerprint density at radius 1 is 1.45 bits per heavy atom. The van der Waals surface area contributed by atoms with Crippen molar-refractivity contribution >= 4 is 34.9 Å². The van der Waals surface area contributed by atoms with Gasteiger partial charge in [0, 0.05) is 24.9 Å². The van der Waals surface area contributed by atoms with Gasteiger partial charge < -0.3 is 9.55 Å². The maximum absolute atomic E-state index is 13.7. The number of aromatic nitrogens is 4. The van der Waals surface area contributed by atoms with Crippen molar-refractivity contribution in [3.8, 4) is 0 Å². The van der Waals surface area contributed by atoms with Gasteiger partial charge in [-0.25, -0.2) is 4.39 Å². The third-order valence-corrected chi connectivity index (χ3v) is 3.87. The molecule has 0 saturated heterocycles. The second-order valence-corrected chi connectivity index (χ2v) is 5.51. The number of H-pyrrole nitrogens is 1. The second kappa shape index (κ2) is 4.71. The van der Waals surface area contributed by atoms with Crippen LogP contribution in [0.1, 0.15) is 11.3 Å². The van der Waals surface area contributed by atoms with Gasteiger partial charge in [0.25, 0.3) is 0 Å². The fraction of sp³-hybridized carbons (Fsp3) is 0.231. The Morgan fingerprint density at radius 2 is 2.20 bits per heavy atom. The molecule has 3 aromatic rings. The van der Waals surface area contributed by atoms with Crippen molar-refractivity contribution < 1.29 is 4.39 Å². The summed E-state index contributed by atoms with van der Waals surface area (Å²) in [4.78, 5) is 3.04. The average molecular weight is 311 g/mol. The van der Waals surface area contributed by atoms with E-state index in [1.165, 1.54) is 6.07 Å². The normalized spacial score (nSPS) is 11.4. The molecule has 0 amide bonds. The van der Waals surface area contributed by atoms with Crippen molar-refractivity contribution in [3.63, 3.8) is 0 Å². The first-order chi connectivity index (χ1) is 9.45. The van der Waals surface area contributed by atoms with Gasteiger partial charge >= 0.3 is 0 Å². The fourth-order valence-corrected chi connectivity index (χ4v) is 2.72. The van der Waals surface area contributed by atoms with Crippen molar-refractivity contribution in [2.24, 2.45) is 7.05 Å². The largest absolute Gasteiger partial charge is 0.331 e. The molecule has 0 spiro atoms. The first kappa shape index (κ1) is 13.3. The lowest BCUT2D eigenvalue weighted by molar-refractivity contribution is 0.629. The maximum Gasteiger partial charge on any atom is 0.178 e. The smallest absolute Gasteiger partial charge is 0.178 e. The Balaban J connectivity index is 2.16. The number of hydrogen-bond acceptors (Lipinski definition) is 2. The SMILES string of the molecule is Cc1nn(C)cc1Cn1c(=S)[nH]c2cc(Cl)c(F)cc21. The first-order valence-electron chi connectivity index (χ1n) is 6.02. The highest BCUT2D eigenvalue weighted by Gasteiger charge is 2.11. The molecule has 0 atom stereocenters. The van der Waals surface area contributed by atoms with Crippen LogP contribution >= 0.6 is 23.8 Å². The molecule has 1 aromatic carbocycles. The lowest BCUT2D eigenvalue weighted by atomic mass is 10.2. The summed E-state index contributed by atoms with van der Waals surface area (Å²) in [7, 11) is 1.87. The third kappa shape index (κ3) is 2.14. The predicted molar refractivity (Wildman–Crippen MR) is 79.1 cm³/mol. The topological polar surface area (TPSA) is 38.5 Å². The fourth-order valence-electron chi connectivity index (χ4n) is 2.28. The number of aryl methyl sites for hydroxylation is 2. The number of fused-ring (bicyclic) bond motifs is 1. The number of imidazole rings is 1. The van der Waals surface area contributed by atoms with Crippen LogP contribution in [-0.2, 0) is 13.6 Å². The highest BCUT2D eigenvalue weighted by atomic mass is 35.5. The van der Waals surface area contributed by atoms with E-state index in [0.29, 0.717) is 16.8 Å². The molecule has 0 radical (unpaired) electrons. The molecular weight excluding hydrogens is 299 g/mol. The zero-order valence-electron chi connectivity index (χ0n) is 10.9. The van der Waals surface area contributed by atoms with Crippen LogP contribution < -0.4 is 0 Å². The number of nitrogens with zero attached hydrogens (tertiary/aromatic N) is 3. The van der Waals surface area contributed by atoms with Crippen LogP contribution in [0.5, 0.6) is 0 Å². The molecule has 3 rings (SSSR count). The number of nitrogens with one attached hydrogen (secondary N) is 1. The molecule has 7 heteroatoms. The molecule has 2 aromatic heterocycles. The zero-order chi connectivity index (χ0) is 14.4. The molecule has 0 unspecified atom stereocenters. The van der Waals surface area contributed by atoms with E-state index in [0.717, 1.165) is 16.8 Å². The van der Waals surface area contributed by atoms with E-state index in [1.807, 2.05) is 24.7 Å². The summed E-state index contributed by atoms with van der Waals surface area (Å²) in [6.07, 6.45) is 1.93. The molecule has 0 aliphatic heterocycles. The van der Waals surface area contributed by atoms with E-state index in [4.69, 9.17) is 23.8 Å². The van der Waals surface area contributed by atoms with E-state index in [2.05, 4.69) is 10.1 Å². The molecular formula is C13H12ClFN4S. The first-order valence-corrected chi connectivity index (χ1v) is 6.81. The number of hydrogen-bond donors (Lipinski definition) is 1. The van der Waals surface area contributed by atoms with Crippen LogP contribution in [0.15, 0.2) is 18.3 Å². The molecule has 0 fully saturated rings. The van der Waals surface area contributed by atoms with Gasteiger partial charge in [0.2, 0.25) is 0 Å². The van der Waals surface area contributed by atoms with Crippen LogP contribution in [0.4, 0.5) is 4.39 Å². The van der Waals surface area contributed by atoms with Crippen LogP contribution in [0.25, 0.3) is 11.0 Å². The molecule has 104 valence electrons. The minimum atomic E-state index is -0.454. The quantitative estimate of drug-likeness (QED) is 0.735. The summed E-state index contributed by atoms with van der Waals surface area (Å²) < 4.78 is 17.8. The van der Waals surface area contributed by atoms with E-state index in [9.17, 15) is 4.39 Å². The van der Waals surface area contributed by atoms with Crippen LogP contribution in [0, 0.1) is 17.5 Å². The van der Waals surface area contributed by atoms with Crippen molar-refractivity contribution in [1.29, 1.82) is 0 Å². The molecule has 0 aliphatic rings. The lowest BCUT2D eigenvalue weighted by Gasteiger charge is -2.04. The summed E-state index contributed by atoms with van der Waals surface area (Å²) in [5, 5.41) is 4.38. The predicted octanol–water partition coefficient (Wildman–Crippen LogP) is 3.58. The van der Waals surface area contributed by atoms with Crippen molar-refractivity contribution in [3.05, 3.63) is 45.2 Å². The van der Waals surface area contributed by atoms with E-state index in [1.54, 1.807) is 10.7 Å². The van der Waals surface area contributed by atoms with E-state index in [-0.39, 0.29) is 5.02 Å². The molecule has 0 aliphatic carbocycles. The molecule has 4 nitrogen and oxygen atoms in total. The van der Waals surface area contributed by atoms with Gasteiger partial charge in [0.1, 0.15) is 5.82 Å². The third-order valence-electron chi connectivity index (χ3n) is 3.26. The van der Waals surface area contributed by atoms with Gasteiger partial charge in [-0.2, -0.15) is 5.10 Å². The Hall–Kier alpha value is -1.66. The van der Waals surface area contributed by atoms with Crippen molar-refractivity contribution in [2.75, 3.05) is 0 Å². The number of aromatic amines is 1. The summed E-state index contributed by atoms with van der Waals surface area (Å²) >= 11 is 11.1. The molecule has 20 heavy (non-hydrogen) atoms. The van der Waals surface area contributed by atoms with Gasteiger partial charge in [0.15, 0.2) is 4.77 Å². The van der Waals surface area contributed by atoms with Gasteiger partial charge in [0.05, 0.1) is 28.3 Å². The van der Waals surface area contributed by atoms with Crippen LogP contribution in [0.2, 0.25) is 5.02 Å². The standard InChI is InChI=1S/C13H12ClFN4S/c1-7-8(5-18(2)17-7)6-19-12-4-10(15)9(14)3-11(12)16-13(19)20/h3-5H,6H2,1-2H3,(H,16,20). The Bertz CT molecular complexity index is 861. The summed E-state index contributed by atoms with van der Waals surface area (Å²) in [6.45, 7) is 2.48. The average Bonchev–Trinajstić information content (AvgIpc) is 2.83. The van der Waals surface area contributed by atoms with Gasteiger partial charge in [-0.15, -0.1) is 0 Å². The molecule has 0 saturated carbocycles. The van der Waals surface area contributed by atoms with Crippen LogP contribution in [0.3, 0.4) is 0 Å². The lowest BCUT2D eigenvalue weighted by Crippen LogP contribution is -2.00. The minimum absolute atomic E-state index is 0.0819. The highest BCUT2D eigenvalue weighted by Crippen LogP contribution is 2.23. The highest BCUT2D eigenvalue weighted by molar-refractivity contribution is 7.71. The maximum atomic E-state index is 13.7. The zero-order valence-corrected chi connectivity index (χ0v) is 12.5. The van der Waals surface area contributed by atoms with Crippen molar-refractivity contribution in [2.45, 2.75) is 13.5 Å². The van der Waals surface area contributed by atoms with Crippen LogP contribution in [-0.4, -0.2) is 19.3 Å². The molecule has 2 heterocycles. The number of halogens is 2. The number of benzene rings is 1. The van der Waals surface area contributed by atoms with Gasteiger partial charge in [-0.3, -0.25) is 4.68 Å². The van der Waals surface area contributed by atoms with Gasteiger partial charge in [-0.05, 0) is 25.2 Å². The monoisotopic (exact) mass is 310 g/mol. The Kier molecular flexibility index (Phi) is 3.14. The molecule has 1 N–H and O–H groups in total. The molecule has 0 bridgehead atoms. The van der Waals surface area contributed by atoms with Crippen molar-refractivity contribution in [1.82, 2.24) is 19.3 Å². The Labute approximate surface area is 124 Å². The van der Waals surface area contributed by atoms with Gasteiger partial charge in [-0.1, -0.05) is 11.6 Å². The minimum Gasteiger partial charge on any atom is -0.331 e. The number of rotatable bonds is 2. The summed E-state index contributed by atoms with van der Waals surface area (Å²) in [5.41, 5.74) is 3.39. The summed E-state index contributed by atoms with van der Waals surface area (Å²) in [5.74, 6) is -0.454. The van der Waals surface area contributed by atoms with E-state index < -0.39 is 5.82 Å². The second-order valence-electron chi connectivity index (χ2n) is 4.71.